The minimum Gasteiger partial charge on any atom is -0.398 e. The van der Waals surface area contributed by atoms with Gasteiger partial charge in [-0.05, 0) is 17.7 Å². The van der Waals surface area contributed by atoms with Gasteiger partial charge in [-0.25, -0.2) is 0 Å². The van der Waals surface area contributed by atoms with Gasteiger partial charge in [0.1, 0.15) is 0 Å². The number of rotatable bonds is 1. The number of alkyl halides is 4. The van der Waals surface area contributed by atoms with Crippen molar-refractivity contribution in [3.8, 4) is 0 Å². The van der Waals surface area contributed by atoms with Crippen LogP contribution in [0.4, 0.5) is 18.9 Å². The summed E-state index contributed by atoms with van der Waals surface area (Å²) in [5, 5.41) is 0.0843. The molecule has 1 nitrogen and oxygen atoms in total. The number of nitrogen functional groups attached to an aromatic ring is 1. The first-order valence-electron chi connectivity index (χ1n) is 3.57. The van der Waals surface area contributed by atoms with Crippen LogP contribution in [0.5, 0.6) is 0 Å². The number of hydrogen-bond donors (Lipinski definition) is 1. The van der Waals surface area contributed by atoms with Crippen molar-refractivity contribution in [2.24, 2.45) is 0 Å². The normalized spacial score (nSPS) is 11.8. The Morgan fingerprint density at radius 2 is 1.86 bits per heavy atom. The van der Waals surface area contributed by atoms with Gasteiger partial charge in [-0.3, -0.25) is 0 Å². The van der Waals surface area contributed by atoms with Crippen LogP contribution in [0, 0.1) is 0 Å². The molecule has 0 aliphatic carbocycles. The average molecular weight is 333 g/mol. The highest BCUT2D eigenvalue weighted by atomic mass is 79.9. The van der Waals surface area contributed by atoms with Crippen LogP contribution in [0.3, 0.4) is 0 Å². The van der Waals surface area contributed by atoms with Crippen LogP contribution in [0.25, 0.3) is 0 Å². The van der Waals surface area contributed by atoms with Crippen LogP contribution in [0.15, 0.2) is 16.6 Å². The molecular weight excluding hydrogens is 327 g/mol. The lowest BCUT2D eigenvalue weighted by atomic mass is 10.1. The maximum atomic E-state index is 12.5. The molecule has 0 aromatic heterocycles. The first kappa shape index (κ1) is 11.8. The minimum absolute atomic E-state index is 0.0701. The van der Waals surface area contributed by atoms with Crippen molar-refractivity contribution in [3.63, 3.8) is 0 Å². The summed E-state index contributed by atoms with van der Waals surface area (Å²) in [5.74, 6) is 0. The van der Waals surface area contributed by atoms with Crippen molar-refractivity contribution in [2.45, 2.75) is 11.5 Å². The van der Waals surface area contributed by atoms with Gasteiger partial charge in [0.25, 0.3) is 0 Å². The maximum Gasteiger partial charge on any atom is 0.416 e. The SMILES string of the molecule is Nc1cc(Br)cc(C(F)(F)F)c1CBr. The second kappa shape index (κ2) is 4.10. The molecule has 2 N–H and O–H groups in total. The molecule has 0 atom stereocenters. The molecule has 0 bridgehead atoms. The van der Waals surface area contributed by atoms with Crippen LogP contribution in [-0.2, 0) is 11.5 Å². The van der Waals surface area contributed by atoms with Crippen LogP contribution in [0.1, 0.15) is 11.1 Å². The van der Waals surface area contributed by atoms with Crippen LogP contribution >= 0.6 is 31.9 Å². The summed E-state index contributed by atoms with van der Waals surface area (Å²) in [6, 6.07) is 2.47. The number of benzene rings is 1. The molecule has 0 saturated carbocycles. The second-order valence-electron chi connectivity index (χ2n) is 2.65. The van der Waals surface area contributed by atoms with Gasteiger partial charge in [-0.15, -0.1) is 0 Å². The van der Waals surface area contributed by atoms with E-state index in [0.29, 0.717) is 4.47 Å². The smallest absolute Gasteiger partial charge is 0.398 e. The quantitative estimate of drug-likeness (QED) is 0.611. The monoisotopic (exact) mass is 331 g/mol. The van der Waals surface area contributed by atoms with E-state index in [2.05, 4.69) is 31.9 Å². The maximum absolute atomic E-state index is 12.5. The standard InChI is InChI=1S/C8H6Br2F3N/c9-3-5-6(8(11,12)13)1-4(10)2-7(5)14/h1-2H,3,14H2. The van der Waals surface area contributed by atoms with E-state index in [1.54, 1.807) is 0 Å². The highest BCUT2D eigenvalue weighted by Gasteiger charge is 2.34. The molecule has 0 unspecified atom stereocenters. The number of halogens is 5. The van der Waals surface area contributed by atoms with Crippen molar-refractivity contribution in [3.05, 3.63) is 27.7 Å². The van der Waals surface area contributed by atoms with Gasteiger partial charge in [0.2, 0.25) is 0 Å². The first-order valence-corrected chi connectivity index (χ1v) is 5.48. The Hall–Kier alpha value is -0.230. The Labute approximate surface area is 95.7 Å². The zero-order chi connectivity index (χ0) is 10.9. The fourth-order valence-electron chi connectivity index (χ4n) is 1.06. The number of anilines is 1. The molecule has 0 saturated heterocycles. The van der Waals surface area contributed by atoms with Crippen LogP contribution < -0.4 is 5.73 Å². The van der Waals surface area contributed by atoms with Crippen molar-refractivity contribution >= 4 is 37.5 Å². The van der Waals surface area contributed by atoms with Crippen LogP contribution in [0.2, 0.25) is 0 Å². The van der Waals surface area contributed by atoms with Gasteiger partial charge in [-0.1, -0.05) is 31.9 Å². The molecule has 1 aromatic rings. The largest absolute Gasteiger partial charge is 0.416 e. The fourth-order valence-corrected chi connectivity index (χ4v) is 2.16. The van der Waals surface area contributed by atoms with Crippen molar-refractivity contribution in [1.29, 1.82) is 0 Å². The summed E-state index contributed by atoms with van der Waals surface area (Å²) >= 11 is 5.95. The lowest BCUT2D eigenvalue weighted by Crippen LogP contribution is -2.10. The molecule has 1 rings (SSSR count). The Morgan fingerprint density at radius 3 is 2.29 bits per heavy atom. The molecule has 0 radical (unpaired) electrons. The molecule has 14 heavy (non-hydrogen) atoms. The Morgan fingerprint density at radius 1 is 1.29 bits per heavy atom. The Kier molecular flexibility index (Phi) is 3.47. The summed E-state index contributed by atoms with van der Waals surface area (Å²) in [7, 11) is 0. The van der Waals surface area contributed by atoms with E-state index >= 15 is 0 Å². The fraction of sp³-hybridized carbons (Fsp3) is 0.250. The predicted molar refractivity (Wildman–Crippen MR) is 56.2 cm³/mol. The van der Waals surface area contributed by atoms with E-state index in [4.69, 9.17) is 5.73 Å². The van der Waals surface area contributed by atoms with E-state index in [1.165, 1.54) is 6.07 Å². The molecule has 0 aliphatic heterocycles. The van der Waals surface area contributed by atoms with Gasteiger partial charge in [-0.2, -0.15) is 13.2 Å². The summed E-state index contributed by atoms with van der Waals surface area (Å²) in [6.45, 7) is 0. The Bertz CT molecular complexity index is 349. The second-order valence-corrected chi connectivity index (χ2v) is 4.13. The molecule has 1 aromatic carbocycles. The topological polar surface area (TPSA) is 26.0 Å². The van der Waals surface area contributed by atoms with Gasteiger partial charge >= 0.3 is 6.18 Å². The average Bonchev–Trinajstić information content (AvgIpc) is 2.01. The molecule has 0 aliphatic rings. The van der Waals surface area contributed by atoms with Gasteiger partial charge in [0.05, 0.1) is 5.56 Å². The van der Waals surface area contributed by atoms with E-state index in [0.717, 1.165) is 6.07 Å². The molecule has 78 valence electrons. The molecule has 0 spiro atoms. The zero-order valence-electron chi connectivity index (χ0n) is 6.83. The van der Waals surface area contributed by atoms with E-state index in [9.17, 15) is 13.2 Å². The van der Waals surface area contributed by atoms with E-state index in [1.807, 2.05) is 0 Å². The molecule has 6 heteroatoms. The van der Waals surface area contributed by atoms with Crippen molar-refractivity contribution in [1.82, 2.24) is 0 Å². The van der Waals surface area contributed by atoms with E-state index < -0.39 is 11.7 Å². The van der Waals surface area contributed by atoms with Crippen molar-refractivity contribution in [2.75, 3.05) is 5.73 Å². The summed E-state index contributed by atoms with van der Waals surface area (Å²) in [4.78, 5) is 0. The summed E-state index contributed by atoms with van der Waals surface area (Å²) in [5.41, 5.74) is 4.96. The highest BCUT2D eigenvalue weighted by Crippen LogP contribution is 2.37. The third kappa shape index (κ3) is 2.42. The van der Waals surface area contributed by atoms with E-state index in [-0.39, 0.29) is 16.6 Å². The first-order chi connectivity index (χ1) is 6.36. The predicted octanol–water partition coefficient (Wildman–Crippen LogP) is 3.95. The van der Waals surface area contributed by atoms with Crippen molar-refractivity contribution < 1.29 is 13.2 Å². The van der Waals surface area contributed by atoms with Crippen LogP contribution in [-0.4, -0.2) is 0 Å². The summed E-state index contributed by atoms with van der Waals surface area (Å²) in [6.07, 6.45) is -4.37. The summed E-state index contributed by atoms with van der Waals surface area (Å²) < 4.78 is 37.8. The third-order valence-corrected chi connectivity index (χ3v) is 2.71. The molecule has 0 heterocycles. The zero-order valence-corrected chi connectivity index (χ0v) is 10.0. The highest BCUT2D eigenvalue weighted by molar-refractivity contribution is 9.10. The lowest BCUT2D eigenvalue weighted by Gasteiger charge is -2.13. The van der Waals surface area contributed by atoms with Gasteiger partial charge < -0.3 is 5.73 Å². The third-order valence-electron chi connectivity index (χ3n) is 1.69. The molecular formula is C8H6Br2F3N. The molecule has 0 amide bonds. The number of hydrogen-bond acceptors (Lipinski definition) is 1. The van der Waals surface area contributed by atoms with Gasteiger partial charge in [0.15, 0.2) is 0 Å². The Balaban J connectivity index is 3.40. The molecule has 0 fully saturated rings. The lowest BCUT2D eigenvalue weighted by molar-refractivity contribution is -0.138. The minimum atomic E-state index is -4.37. The van der Waals surface area contributed by atoms with Gasteiger partial charge in [0, 0.05) is 15.5 Å². The number of nitrogens with two attached hydrogens (primary N) is 1.